The van der Waals surface area contributed by atoms with Gasteiger partial charge < -0.3 is 4.74 Å². The van der Waals surface area contributed by atoms with Crippen molar-refractivity contribution in [1.29, 1.82) is 0 Å². The number of rotatable bonds is 6. The van der Waals surface area contributed by atoms with Gasteiger partial charge in [0.2, 0.25) is 0 Å². The number of para-hydroxylation sites is 2. The number of nitrogens with one attached hydrogen (secondary N) is 1. The lowest BCUT2D eigenvalue weighted by atomic mass is 10.3. The second kappa shape index (κ2) is 8.41. The molecular weight excluding hydrogens is 438 g/mol. The van der Waals surface area contributed by atoms with Crippen LogP contribution in [0.2, 0.25) is 5.02 Å². The summed E-state index contributed by atoms with van der Waals surface area (Å²) in [6, 6.07) is 17.5. The normalized spacial score (nSPS) is 11.4. The highest BCUT2D eigenvalue weighted by Crippen LogP contribution is 2.27. The average molecular weight is 456 g/mol. The van der Waals surface area contributed by atoms with Gasteiger partial charge in [-0.25, -0.2) is 13.4 Å². The van der Waals surface area contributed by atoms with E-state index in [1.807, 2.05) is 13.0 Å². The van der Waals surface area contributed by atoms with E-state index < -0.39 is 10.0 Å². The number of nitrogens with zero attached hydrogens (tertiary/aromatic N) is 2. The molecule has 0 radical (unpaired) electrons. The van der Waals surface area contributed by atoms with Crippen LogP contribution in [-0.4, -0.2) is 17.8 Å². The average Bonchev–Trinajstić information content (AvgIpc) is 2.74. The Balaban J connectivity index is 1.58. The van der Waals surface area contributed by atoms with Crippen LogP contribution in [-0.2, 0) is 16.6 Å². The largest absolute Gasteiger partial charge is 0.485 e. The Hall–Kier alpha value is -3.36. The zero-order chi connectivity index (χ0) is 22.0. The van der Waals surface area contributed by atoms with Gasteiger partial charge in [0.25, 0.3) is 15.6 Å². The van der Waals surface area contributed by atoms with E-state index in [1.165, 1.54) is 34.7 Å². The second-order valence-electron chi connectivity index (χ2n) is 6.81. The van der Waals surface area contributed by atoms with Gasteiger partial charge in [-0.1, -0.05) is 29.8 Å². The van der Waals surface area contributed by atoms with Crippen LogP contribution in [0.15, 0.2) is 82.6 Å². The van der Waals surface area contributed by atoms with Crippen LogP contribution in [0.5, 0.6) is 5.75 Å². The van der Waals surface area contributed by atoms with E-state index in [1.54, 1.807) is 36.5 Å². The molecule has 0 aliphatic rings. The van der Waals surface area contributed by atoms with Crippen molar-refractivity contribution in [1.82, 2.24) is 9.38 Å². The summed E-state index contributed by atoms with van der Waals surface area (Å²) in [7, 11) is -3.83. The molecule has 0 aliphatic heterocycles. The van der Waals surface area contributed by atoms with Gasteiger partial charge >= 0.3 is 0 Å². The third-order valence-corrected chi connectivity index (χ3v) is 6.20. The molecule has 0 bridgehead atoms. The summed E-state index contributed by atoms with van der Waals surface area (Å²) in [5, 5.41) is 0.441. The van der Waals surface area contributed by atoms with E-state index in [-0.39, 0.29) is 22.7 Å². The second-order valence-corrected chi connectivity index (χ2v) is 8.93. The van der Waals surface area contributed by atoms with Gasteiger partial charge in [0.1, 0.15) is 18.0 Å². The van der Waals surface area contributed by atoms with Crippen LogP contribution >= 0.6 is 11.6 Å². The van der Waals surface area contributed by atoms with Crippen molar-refractivity contribution < 1.29 is 13.2 Å². The molecule has 7 nitrogen and oxygen atoms in total. The Morgan fingerprint density at radius 1 is 1.06 bits per heavy atom. The number of halogens is 1. The predicted molar refractivity (Wildman–Crippen MR) is 119 cm³/mol. The Morgan fingerprint density at radius 3 is 2.58 bits per heavy atom. The van der Waals surface area contributed by atoms with E-state index in [4.69, 9.17) is 16.3 Å². The number of anilines is 1. The summed E-state index contributed by atoms with van der Waals surface area (Å²) < 4.78 is 35.2. The highest BCUT2D eigenvalue weighted by Gasteiger charge is 2.17. The molecule has 31 heavy (non-hydrogen) atoms. The van der Waals surface area contributed by atoms with Crippen molar-refractivity contribution in [3.05, 3.63) is 99.6 Å². The molecule has 2 aromatic carbocycles. The lowest BCUT2D eigenvalue weighted by Gasteiger charge is -2.14. The van der Waals surface area contributed by atoms with Gasteiger partial charge in [0, 0.05) is 17.3 Å². The molecule has 1 N–H and O–H groups in total. The number of fused-ring (bicyclic) bond motifs is 1. The highest BCUT2D eigenvalue weighted by atomic mass is 35.5. The summed E-state index contributed by atoms with van der Waals surface area (Å²) in [6.07, 6.45) is 1.66. The molecule has 4 rings (SSSR count). The first-order valence-corrected chi connectivity index (χ1v) is 11.2. The van der Waals surface area contributed by atoms with Gasteiger partial charge in [-0.2, -0.15) is 0 Å². The van der Waals surface area contributed by atoms with E-state index in [9.17, 15) is 13.2 Å². The monoisotopic (exact) mass is 455 g/mol. The van der Waals surface area contributed by atoms with Crippen molar-refractivity contribution in [2.45, 2.75) is 18.4 Å². The maximum Gasteiger partial charge on any atom is 0.262 e. The molecule has 0 unspecified atom stereocenters. The summed E-state index contributed by atoms with van der Waals surface area (Å²) in [6.45, 7) is 1.87. The standard InChI is InChI=1S/C22H18ClN3O4S/c1-15-5-4-12-26-21(27)13-17(24-22(15)26)14-30-20-7-3-2-6-19(20)25-31(28,29)18-10-8-16(23)9-11-18/h2-13,25H,14H2,1H3. The predicted octanol–water partition coefficient (Wildman–Crippen LogP) is 4.04. The minimum atomic E-state index is -3.83. The molecule has 9 heteroatoms. The number of hydrogen-bond donors (Lipinski definition) is 1. The molecule has 0 fully saturated rings. The summed E-state index contributed by atoms with van der Waals surface area (Å²) in [4.78, 5) is 16.9. The van der Waals surface area contributed by atoms with Crippen molar-refractivity contribution >= 4 is 33.0 Å². The molecule has 4 aromatic rings. The van der Waals surface area contributed by atoms with Gasteiger partial charge in [-0.3, -0.25) is 13.9 Å². The smallest absolute Gasteiger partial charge is 0.262 e. The first-order chi connectivity index (χ1) is 14.8. The zero-order valence-electron chi connectivity index (χ0n) is 16.4. The number of benzene rings is 2. The fourth-order valence-electron chi connectivity index (χ4n) is 3.03. The molecule has 158 valence electrons. The van der Waals surface area contributed by atoms with E-state index in [2.05, 4.69) is 9.71 Å². The van der Waals surface area contributed by atoms with Gasteiger partial charge in [-0.05, 0) is 55.0 Å². The van der Waals surface area contributed by atoms with Crippen LogP contribution in [0.1, 0.15) is 11.3 Å². The van der Waals surface area contributed by atoms with Crippen LogP contribution in [0.25, 0.3) is 5.65 Å². The molecule has 0 saturated carbocycles. The van der Waals surface area contributed by atoms with Crippen LogP contribution in [0.3, 0.4) is 0 Å². The molecule has 2 aromatic heterocycles. The maximum absolute atomic E-state index is 12.7. The first kappa shape index (κ1) is 20.9. The summed E-state index contributed by atoms with van der Waals surface area (Å²) in [5.74, 6) is 0.312. The van der Waals surface area contributed by atoms with Crippen molar-refractivity contribution in [2.75, 3.05) is 4.72 Å². The minimum Gasteiger partial charge on any atom is -0.485 e. The summed E-state index contributed by atoms with van der Waals surface area (Å²) in [5.41, 5.74) is 1.90. The fourth-order valence-corrected chi connectivity index (χ4v) is 4.23. The SMILES string of the molecule is Cc1cccn2c(=O)cc(COc3ccccc3NS(=O)(=O)c3ccc(Cl)cc3)nc12. The van der Waals surface area contributed by atoms with E-state index >= 15 is 0 Å². The first-order valence-electron chi connectivity index (χ1n) is 9.32. The molecule has 0 amide bonds. The zero-order valence-corrected chi connectivity index (χ0v) is 18.0. The van der Waals surface area contributed by atoms with Crippen molar-refractivity contribution in [3.63, 3.8) is 0 Å². The minimum absolute atomic E-state index is 0.000238. The number of ether oxygens (including phenoxy) is 1. The Labute approximate surface area is 184 Å². The molecule has 0 saturated heterocycles. The van der Waals surface area contributed by atoms with E-state index in [0.717, 1.165) is 5.56 Å². The number of hydrogen-bond acceptors (Lipinski definition) is 5. The van der Waals surface area contributed by atoms with Gasteiger partial charge in [-0.15, -0.1) is 0 Å². The number of pyridine rings is 1. The third kappa shape index (κ3) is 4.55. The highest BCUT2D eigenvalue weighted by molar-refractivity contribution is 7.92. The Morgan fingerprint density at radius 2 is 1.81 bits per heavy atom. The van der Waals surface area contributed by atoms with Crippen LogP contribution in [0.4, 0.5) is 5.69 Å². The topological polar surface area (TPSA) is 89.8 Å². The number of aromatic nitrogens is 2. The maximum atomic E-state index is 12.7. The third-order valence-electron chi connectivity index (χ3n) is 4.57. The lowest BCUT2D eigenvalue weighted by Crippen LogP contribution is -2.17. The fraction of sp³-hybridized carbons (Fsp3) is 0.0909. The quantitative estimate of drug-likeness (QED) is 0.474. The lowest BCUT2D eigenvalue weighted by molar-refractivity contribution is 0.303. The number of aryl methyl sites for hydroxylation is 1. The molecule has 0 aliphatic carbocycles. The van der Waals surface area contributed by atoms with Crippen molar-refractivity contribution in [2.24, 2.45) is 0 Å². The van der Waals surface area contributed by atoms with Crippen LogP contribution in [0, 0.1) is 6.92 Å². The molecule has 2 heterocycles. The van der Waals surface area contributed by atoms with Crippen molar-refractivity contribution in [3.8, 4) is 5.75 Å². The Bertz CT molecular complexity index is 1420. The molecular formula is C22H18ClN3O4S. The number of sulfonamides is 1. The van der Waals surface area contributed by atoms with Crippen LogP contribution < -0.4 is 15.0 Å². The van der Waals surface area contributed by atoms with E-state index in [0.29, 0.717) is 22.1 Å². The Kier molecular flexibility index (Phi) is 5.67. The molecule has 0 atom stereocenters. The molecule has 0 spiro atoms. The van der Waals surface area contributed by atoms with Gasteiger partial charge in [0.15, 0.2) is 0 Å². The van der Waals surface area contributed by atoms with Gasteiger partial charge in [0.05, 0.1) is 16.3 Å². The summed E-state index contributed by atoms with van der Waals surface area (Å²) >= 11 is 5.84.